The minimum Gasteiger partial charge on any atom is -0.462 e. The monoisotopic (exact) mass is 307 g/mol. The number of hydrogen-bond donors (Lipinski definition) is 1. The molecule has 0 unspecified atom stereocenters. The molecule has 2 aromatic rings. The first-order valence-electron chi connectivity index (χ1n) is 5.75. The molecule has 0 radical (unpaired) electrons. The van der Waals surface area contributed by atoms with Crippen molar-refractivity contribution in [1.29, 1.82) is 0 Å². The molecule has 0 saturated carbocycles. The van der Waals surface area contributed by atoms with E-state index in [-0.39, 0.29) is 5.97 Å². The molecule has 94 valence electrons. The van der Waals surface area contributed by atoms with Gasteiger partial charge in [-0.3, -0.25) is 0 Å². The van der Waals surface area contributed by atoms with Crippen LogP contribution >= 0.6 is 15.9 Å². The van der Waals surface area contributed by atoms with Gasteiger partial charge in [-0.2, -0.15) is 0 Å². The van der Waals surface area contributed by atoms with E-state index in [2.05, 4.69) is 20.9 Å². The third-order valence-electron chi connectivity index (χ3n) is 2.72. The molecule has 0 atom stereocenters. The van der Waals surface area contributed by atoms with Crippen LogP contribution in [0.1, 0.15) is 23.0 Å². The first kappa shape index (κ1) is 12.9. The fraction of sp³-hybridized carbons (Fsp3) is 0.214. The predicted molar refractivity (Wildman–Crippen MR) is 74.6 cm³/mol. The molecule has 0 fully saturated rings. The number of carbonyl (C=O) groups is 1. The third-order valence-corrected chi connectivity index (χ3v) is 3.41. The summed E-state index contributed by atoms with van der Waals surface area (Å²) in [6.45, 7) is 4.05. The lowest BCUT2D eigenvalue weighted by molar-refractivity contribution is 0.0526. The lowest BCUT2D eigenvalue weighted by atomic mass is 10.0. The highest BCUT2D eigenvalue weighted by molar-refractivity contribution is 9.10. The fourth-order valence-electron chi connectivity index (χ4n) is 1.89. The zero-order valence-electron chi connectivity index (χ0n) is 10.3. The molecule has 0 saturated heterocycles. The molecule has 2 rings (SSSR count). The minimum absolute atomic E-state index is 0.290. The van der Waals surface area contributed by atoms with E-state index in [1.165, 1.54) is 0 Å². The second-order valence-electron chi connectivity index (χ2n) is 3.90. The number of hydrogen-bond acceptors (Lipinski definition) is 2. The number of nitrogens with one attached hydrogen (secondary N) is 1. The average molecular weight is 308 g/mol. The van der Waals surface area contributed by atoms with Crippen LogP contribution in [0.25, 0.3) is 11.1 Å². The molecule has 3 nitrogen and oxygen atoms in total. The van der Waals surface area contributed by atoms with Crippen LogP contribution in [-0.4, -0.2) is 17.6 Å². The lowest BCUT2D eigenvalue weighted by Crippen LogP contribution is -2.06. The van der Waals surface area contributed by atoms with Gasteiger partial charge in [-0.25, -0.2) is 4.79 Å². The summed E-state index contributed by atoms with van der Waals surface area (Å²) < 4.78 is 6.05. The number of ether oxygens (including phenoxy) is 1. The normalized spacial score (nSPS) is 10.4. The van der Waals surface area contributed by atoms with Crippen LogP contribution in [0.2, 0.25) is 0 Å². The Hall–Kier alpha value is -1.55. The molecular weight excluding hydrogens is 294 g/mol. The number of rotatable bonds is 3. The van der Waals surface area contributed by atoms with Crippen molar-refractivity contribution in [2.45, 2.75) is 13.8 Å². The van der Waals surface area contributed by atoms with Gasteiger partial charge < -0.3 is 9.72 Å². The molecule has 0 amide bonds. The second-order valence-corrected chi connectivity index (χ2v) is 4.76. The summed E-state index contributed by atoms with van der Waals surface area (Å²) in [4.78, 5) is 15.1. The van der Waals surface area contributed by atoms with Crippen LogP contribution in [0.5, 0.6) is 0 Å². The predicted octanol–water partition coefficient (Wildman–Crippen LogP) is 3.93. The summed E-state index contributed by atoms with van der Waals surface area (Å²) in [6, 6.07) is 7.80. The van der Waals surface area contributed by atoms with E-state index in [0.717, 1.165) is 21.3 Å². The van der Waals surface area contributed by atoms with Crippen LogP contribution in [0, 0.1) is 6.92 Å². The van der Waals surface area contributed by atoms with Gasteiger partial charge in [-0.1, -0.05) is 34.1 Å². The number of carbonyl (C=O) groups excluding carboxylic acids is 1. The number of aromatic amines is 1. The van der Waals surface area contributed by atoms with Gasteiger partial charge in [0.1, 0.15) is 0 Å². The first-order valence-corrected chi connectivity index (χ1v) is 6.54. The Bertz CT molecular complexity index is 575. The smallest absolute Gasteiger partial charge is 0.340 e. The van der Waals surface area contributed by atoms with Gasteiger partial charge in [-0.15, -0.1) is 0 Å². The molecule has 4 heteroatoms. The minimum atomic E-state index is -0.290. The molecule has 18 heavy (non-hydrogen) atoms. The molecule has 1 aromatic heterocycles. The van der Waals surface area contributed by atoms with Crippen molar-refractivity contribution in [1.82, 2.24) is 4.98 Å². The van der Waals surface area contributed by atoms with Gasteiger partial charge in [0.05, 0.1) is 12.2 Å². The summed E-state index contributed by atoms with van der Waals surface area (Å²) in [7, 11) is 0. The Balaban J connectivity index is 2.53. The highest BCUT2D eigenvalue weighted by Crippen LogP contribution is 2.32. The first-order chi connectivity index (χ1) is 8.65. The van der Waals surface area contributed by atoms with Crippen molar-refractivity contribution in [2.24, 2.45) is 0 Å². The van der Waals surface area contributed by atoms with E-state index in [0.29, 0.717) is 12.2 Å². The van der Waals surface area contributed by atoms with Gasteiger partial charge in [0.25, 0.3) is 0 Å². The topological polar surface area (TPSA) is 42.1 Å². The highest BCUT2D eigenvalue weighted by Gasteiger charge is 2.19. The zero-order valence-corrected chi connectivity index (χ0v) is 11.9. The van der Waals surface area contributed by atoms with Crippen molar-refractivity contribution in [2.75, 3.05) is 6.61 Å². The fourth-order valence-corrected chi connectivity index (χ4v) is 2.38. The molecule has 1 N–H and O–H groups in total. The van der Waals surface area contributed by atoms with Crippen LogP contribution in [0.3, 0.4) is 0 Å². The molecule has 0 bridgehead atoms. The quantitative estimate of drug-likeness (QED) is 0.873. The molecule has 0 aliphatic carbocycles. The number of aryl methyl sites for hydroxylation is 1. The van der Waals surface area contributed by atoms with Crippen molar-refractivity contribution < 1.29 is 9.53 Å². The zero-order chi connectivity index (χ0) is 13.1. The Morgan fingerprint density at radius 2 is 2.06 bits per heavy atom. The van der Waals surface area contributed by atoms with Gasteiger partial charge in [0, 0.05) is 21.9 Å². The van der Waals surface area contributed by atoms with Crippen LogP contribution in [0.15, 0.2) is 34.9 Å². The Morgan fingerprint density at radius 1 is 1.33 bits per heavy atom. The summed E-state index contributed by atoms with van der Waals surface area (Å²) in [5, 5.41) is 0. The summed E-state index contributed by atoms with van der Waals surface area (Å²) >= 11 is 3.50. The number of H-pyrrole nitrogens is 1. The number of halogens is 1. The maximum absolute atomic E-state index is 12.0. The Kier molecular flexibility index (Phi) is 3.87. The van der Waals surface area contributed by atoms with E-state index in [1.807, 2.05) is 37.4 Å². The lowest BCUT2D eigenvalue weighted by Gasteiger charge is -2.07. The number of esters is 1. The van der Waals surface area contributed by atoms with Crippen LogP contribution in [0.4, 0.5) is 0 Å². The van der Waals surface area contributed by atoms with Gasteiger partial charge in [0.2, 0.25) is 0 Å². The van der Waals surface area contributed by atoms with Gasteiger partial charge >= 0.3 is 5.97 Å². The van der Waals surface area contributed by atoms with E-state index in [4.69, 9.17) is 4.74 Å². The highest BCUT2D eigenvalue weighted by atomic mass is 79.9. The van der Waals surface area contributed by atoms with Crippen LogP contribution < -0.4 is 0 Å². The van der Waals surface area contributed by atoms with Gasteiger partial charge in [-0.05, 0) is 25.5 Å². The molecular formula is C14H14BrNO2. The molecule has 1 aromatic carbocycles. The molecule has 0 aliphatic heterocycles. The summed E-state index contributed by atoms with van der Waals surface area (Å²) in [5.41, 5.74) is 3.26. The SMILES string of the molecule is CCOC(=O)c1c(-c2ccccc2Br)c[nH]c1C. The number of aromatic nitrogens is 1. The average Bonchev–Trinajstić information content (AvgIpc) is 2.72. The van der Waals surface area contributed by atoms with E-state index < -0.39 is 0 Å². The van der Waals surface area contributed by atoms with E-state index in [1.54, 1.807) is 6.92 Å². The maximum atomic E-state index is 12.0. The van der Waals surface area contributed by atoms with Crippen molar-refractivity contribution >= 4 is 21.9 Å². The van der Waals surface area contributed by atoms with E-state index >= 15 is 0 Å². The summed E-state index contributed by atoms with van der Waals surface area (Å²) in [6.07, 6.45) is 1.84. The summed E-state index contributed by atoms with van der Waals surface area (Å²) in [5.74, 6) is -0.290. The third kappa shape index (κ3) is 2.34. The second kappa shape index (κ2) is 5.40. The standard InChI is InChI=1S/C14H14BrNO2/c1-3-18-14(17)13-9(2)16-8-11(13)10-6-4-5-7-12(10)15/h4-8,16H,3H2,1-2H3. The molecule has 0 spiro atoms. The molecule has 1 heterocycles. The Morgan fingerprint density at radius 3 is 2.72 bits per heavy atom. The molecule has 0 aliphatic rings. The van der Waals surface area contributed by atoms with Crippen molar-refractivity contribution in [3.8, 4) is 11.1 Å². The van der Waals surface area contributed by atoms with Crippen molar-refractivity contribution in [3.05, 3.63) is 46.2 Å². The van der Waals surface area contributed by atoms with Gasteiger partial charge in [0.15, 0.2) is 0 Å². The van der Waals surface area contributed by atoms with Crippen molar-refractivity contribution in [3.63, 3.8) is 0 Å². The van der Waals surface area contributed by atoms with Crippen LogP contribution in [-0.2, 0) is 4.74 Å². The van der Waals surface area contributed by atoms with E-state index in [9.17, 15) is 4.79 Å². The maximum Gasteiger partial charge on any atom is 0.340 e. The Labute approximate surface area is 114 Å². The largest absolute Gasteiger partial charge is 0.462 e. The number of benzene rings is 1.